The van der Waals surface area contributed by atoms with Gasteiger partial charge in [-0.05, 0) is 71.0 Å². The standard InChI is InChI=1S/C17H29ClN2.2C7H8O3S.B/c1-4-19(5-2)12-7-13-20(6-3,15-14-19)17-10-8-16(18)9-11-17;2*1-6-2-4-7(5-3-6)11(8,9)10;/h8-11H,4-7,12-15H2,1-3H3;2*2-5H,1H3,(H,8,9,10);/q+2;;;/p-2. The van der Waals surface area contributed by atoms with Crippen LogP contribution in [-0.4, -0.2) is 84.7 Å². The molecule has 12 heteroatoms. The summed E-state index contributed by atoms with van der Waals surface area (Å²) in [6.07, 6.45) is 1.32. The number of rotatable bonds is 6. The van der Waals surface area contributed by atoms with Crippen LogP contribution in [0.2, 0.25) is 5.02 Å². The lowest BCUT2D eigenvalue weighted by atomic mass is 10.2. The Balaban J connectivity index is 0.000000344. The molecule has 0 spiro atoms. The quantitative estimate of drug-likeness (QED) is 0.202. The Morgan fingerprint density at radius 3 is 1.40 bits per heavy atom. The van der Waals surface area contributed by atoms with Crippen LogP contribution < -0.4 is 4.48 Å². The van der Waals surface area contributed by atoms with Gasteiger partial charge in [0, 0.05) is 32.0 Å². The summed E-state index contributed by atoms with van der Waals surface area (Å²) < 4.78 is 64.7. The highest BCUT2D eigenvalue weighted by Gasteiger charge is 2.37. The Morgan fingerprint density at radius 1 is 0.628 bits per heavy atom. The van der Waals surface area contributed by atoms with Crippen molar-refractivity contribution in [2.45, 2.75) is 50.8 Å². The van der Waals surface area contributed by atoms with E-state index in [0.29, 0.717) is 0 Å². The van der Waals surface area contributed by atoms with Gasteiger partial charge in [-0.25, -0.2) is 16.8 Å². The van der Waals surface area contributed by atoms with Gasteiger partial charge in [0.1, 0.15) is 39.0 Å². The number of benzene rings is 3. The lowest BCUT2D eigenvalue weighted by molar-refractivity contribution is -0.923. The van der Waals surface area contributed by atoms with Crippen molar-refractivity contribution in [3.8, 4) is 0 Å². The first-order valence-electron chi connectivity index (χ1n) is 14.1. The SMILES string of the molecule is CC[N+]1(CC)CCC[N+](CC)(c2ccc(Cl)cc2)CC1.Cc1ccc(S(=O)(=O)[O-])cc1.Cc1ccc(S(=O)(=O)[O-])cc1.[B]. The van der Waals surface area contributed by atoms with E-state index in [1.54, 1.807) is 24.3 Å². The topological polar surface area (TPSA) is 114 Å². The zero-order valence-corrected chi connectivity index (χ0v) is 28.1. The van der Waals surface area contributed by atoms with Crippen LogP contribution in [0, 0.1) is 13.8 Å². The van der Waals surface area contributed by atoms with E-state index in [9.17, 15) is 25.9 Å². The lowest BCUT2D eigenvalue weighted by Gasteiger charge is -2.38. The van der Waals surface area contributed by atoms with E-state index >= 15 is 0 Å². The molecule has 1 aliphatic heterocycles. The Kier molecular flexibility index (Phi) is 15.1. The molecule has 0 aliphatic carbocycles. The minimum atomic E-state index is -4.27. The van der Waals surface area contributed by atoms with E-state index in [-0.39, 0.29) is 18.2 Å². The number of aryl methyl sites for hydroxylation is 2. The molecule has 1 heterocycles. The molecule has 0 saturated carbocycles. The second kappa shape index (κ2) is 16.7. The van der Waals surface area contributed by atoms with Crippen molar-refractivity contribution < 1.29 is 30.4 Å². The fourth-order valence-electron chi connectivity index (χ4n) is 5.12. The summed E-state index contributed by atoms with van der Waals surface area (Å²) in [5.41, 5.74) is 3.29. The van der Waals surface area contributed by atoms with Crippen LogP contribution >= 0.6 is 11.6 Å². The molecule has 1 unspecified atom stereocenters. The van der Waals surface area contributed by atoms with Crippen LogP contribution in [0.5, 0.6) is 0 Å². The number of likely N-dealkylation sites (N-methyl/N-ethyl adjacent to an activating group) is 2. The van der Waals surface area contributed by atoms with Gasteiger partial charge in [-0.2, -0.15) is 0 Å². The molecule has 0 N–H and O–H groups in total. The Morgan fingerprint density at radius 2 is 1.05 bits per heavy atom. The molecule has 3 aromatic carbocycles. The highest BCUT2D eigenvalue weighted by molar-refractivity contribution is 7.86. The minimum Gasteiger partial charge on any atom is -0.744 e. The first-order chi connectivity index (χ1) is 19.6. The van der Waals surface area contributed by atoms with Crippen molar-refractivity contribution >= 4 is 45.9 Å². The van der Waals surface area contributed by atoms with E-state index in [4.69, 9.17) is 11.6 Å². The number of halogens is 1. The average Bonchev–Trinajstić information content (AvgIpc) is 3.14. The third-order valence-corrected chi connectivity index (χ3v) is 10.1. The number of hydrogen-bond donors (Lipinski definition) is 0. The second-order valence-corrected chi connectivity index (χ2v) is 13.9. The van der Waals surface area contributed by atoms with E-state index in [2.05, 4.69) is 32.9 Å². The Bertz CT molecular complexity index is 1410. The second-order valence-electron chi connectivity index (χ2n) is 10.7. The molecule has 1 aliphatic rings. The highest BCUT2D eigenvalue weighted by Crippen LogP contribution is 2.28. The molecule has 0 amide bonds. The van der Waals surface area contributed by atoms with Gasteiger partial charge in [0.2, 0.25) is 0 Å². The molecule has 8 nitrogen and oxygen atoms in total. The summed E-state index contributed by atoms with van der Waals surface area (Å²) in [6, 6.07) is 20.1. The highest BCUT2D eigenvalue weighted by atomic mass is 35.5. The van der Waals surface area contributed by atoms with Crippen molar-refractivity contribution in [1.82, 2.24) is 4.48 Å². The Labute approximate surface area is 265 Å². The van der Waals surface area contributed by atoms with E-state index < -0.39 is 20.2 Å². The van der Waals surface area contributed by atoms with Crippen LogP contribution in [0.4, 0.5) is 5.69 Å². The zero-order chi connectivity index (χ0) is 31.6. The van der Waals surface area contributed by atoms with Crippen LogP contribution in [0.25, 0.3) is 0 Å². The van der Waals surface area contributed by atoms with Crippen LogP contribution in [0.1, 0.15) is 38.3 Å². The third kappa shape index (κ3) is 11.6. The van der Waals surface area contributed by atoms with Gasteiger partial charge >= 0.3 is 0 Å². The Hall–Kier alpha value is -2.25. The number of hydrogen-bond acceptors (Lipinski definition) is 6. The fourth-order valence-corrected chi connectivity index (χ4v) is 6.18. The summed E-state index contributed by atoms with van der Waals surface area (Å²) in [5, 5.41) is 0.838. The fraction of sp³-hybridized carbons (Fsp3) is 0.419. The minimum absolute atomic E-state index is 0. The molecule has 0 aromatic heterocycles. The van der Waals surface area contributed by atoms with Crippen molar-refractivity contribution in [2.24, 2.45) is 0 Å². The van der Waals surface area contributed by atoms with Crippen molar-refractivity contribution in [3.63, 3.8) is 0 Å². The van der Waals surface area contributed by atoms with Crippen molar-refractivity contribution in [3.05, 3.63) is 88.9 Å². The molecule has 1 saturated heterocycles. The predicted octanol–water partition coefficient (Wildman–Crippen LogP) is 5.34. The van der Waals surface area contributed by atoms with Gasteiger partial charge in [-0.15, -0.1) is 0 Å². The third-order valence-electron chi connectivity index (χ3n) is 8.16. The van der Waals surface area contributed by atoms with Crippen molar-refractivity contribution in [1.29, 1.82) is 0 Å². The molecular formula is C31H43BClN2O6S2. The smallest absolute Gasteiger partial charge is 0.133 e. The lowest BCUT2D eigenvalue weighted by Crippen LogP contribution is -2.55. The van der Waals surface area contributed by atoms with Gasteiger partial charge in [-0.1, -0.05) is 47.0 Å². The molecule has 1 fully saturated rings. The summed E-state index contributed by atoms with van der Waals surface area (Å²) >= 11 is 6.05. The summed E-state index contributed by atoms with van der Waals surface area (Å²) in [6.45, 7) is 19.5. The first-order valence-corrected chi connectivity index (χ1v) is 17.3. The number of quaternary nitrogens is 2. The average molecular weight is 650 g/mol. The molecule has 3 radical (unpaired) electrons. The molecule has 0 bridgehead atoms. The molecular weight excluding hydrogens is 607 g/mol. The van der Waals surface area contributed by atoms with Gasteiger partial charge in [-0.3, -0.25) is 4.48 Å². The van der Waals surface area contributed by atoms with Gasteiger partial charge in [0.15, 0.2) is 0 Å². The first kappa shape index (κ1) is 38.8. The van der Waals surface area contributed by atoms with E-state index in [1.807, 2.05) is 26.0 Å². The molecule has 3 aromatic rings. The molecule has 235 valence electrons. The predicted molar refractivity (Wildman–Crippen MR) is 173 cm³/mol. The summed E-state index contributed by atoms with van der Waals surface area (Å²) in [5.74, 6) is 0. The monoisotopic (exact) mass is 649 g/mol. The maximum Gasteiger partial charge on any atom is 0.133 e. The zero-order valence-electron chi connectivity index (χ0n) is 25.7. The van der Waals surface area contributed by atoms with Crippen LogP contribution in [0.3, 0.4) is 0 Å². The summed E-state index contributed by atoms with van der Waals surface area (Å²) in [4.78, 5) is -0.355. The van der Waals surface area contributed by atoms with Gasteiger partial charge in [0.05, 0.1) is 42.5 Å². The maximum absolute atomic E-state index is 10.4. The van der Waals surface area contributed by atoms with E-state index in [1.165, 1.54) is 86.7 Å². The van der Waals surface area contributed by atoms with Gasteiger partial charge < -0.3 is 13.6 Å². The largest absolute Gasteiger partial charge is 0.744 e. The normalized spacial score (nSPS) is 18.0. The summed E-state index contributed by atoms with van der Waals surface area (Å²) in [7, 11) is -8.54. The molecule has 1 atom stereocenters. The van der Waals surface area contributed by atoms with Crippen LogP contribution in [-0.2, 0) is 20.2 Å². The number of nitrogens with zero attached hydrogens (tertiary/aromatic N) is 2. The van der Waals surface area contributed by atoms with Crippen LogP contribution in [0.15, 0.2) is 82.6 Å². The maximum atomic E-state index is 10.4. The van der Waals surface area contributed by atoms with Gasteiger partial charge in [0.25, 0.3) is 0 Å². The van der Waals surface area contributed by atoms with Crippen molar-refractivity contribution in [2.75, 3.05) is 45.8 Å². The molecule has 43 heavy (non-hydrogen) atoms. The molecule has 4 rings (SSSR count). The van der Waals surface area contributed by atoms with E-state index in [0.717, 1.165) is 20.6 Å².